The van der Waals surface area contributed by atoms with Crippen LogP contribution in [-0.4, -0.2) is 17.3 Å². The van der Waals surface area contributed by atoms with Gasteiger partial charge in [0.1, 0.15) is 5.03 Å². The minimum atomic E-state index is -0.779. The van der Waals surface area contributed by atoms with Crippen molar-refractivity contribution in [1.29, 1.82) is 0 Å². The van der Waals surface area contributed by atoms with Crippen molar-refractivity contribution >= 4 is 34.5 Å². The van der Waals surface area contributed by atoms with E-state index in [0.717, 1.165) is 19.3 Å². The van der Waals surface area contributed by atoms with Gasteiger partial charge in [0, 0.05) is 17.6 Å². The third-order valence-corrected chi connectivity index (χ3v) is 4.71. The number of carbonyl (C=O) groups is 3. The van der Waals surface area contributed by atoms with E-state index in [9.17, 15) is 14.4 Å². The topological polar surface area (TPSA) is 51.2 Å². The monoisotopic (exact) mass is 346 g/mol. The van der Waals surface area contributed by atoms with Gasteiger partial charge in [0.25, 0.3) is 0 Å². The number of unbranched alkanes of at least 4 members (excludes halogenated alkanes) is 6. The minimum Gasteiger partial charge on any atom is -0.294 e. The molecule has 0 radical (unpaired) electrons. The van der Waals surface area contributed by atoms with E-state index in [1.54, 1.807) is 24.3 Å². The Bertz CT molecular complexity index is 673. The molecule has 4 heteroatoms. The van der Waals surface area contributed by atoms with E-state index >= 15 is 0 Å². The van der Waals surface area contributed by atoms with Crippen molar-refractivity contribution in [2.45, 2.75) is 58.3 Å². The third-order valence-electron chi connectivity index (χ3n) is 4.35. The summed E-state index contributed by atoms with van der Waals surface area (Å²) < 4.78 is 0. The lowest BCUT2D eigenvalue weighted by atomic mass is 9.86. The van der Waals surface area contributed by atoms with E-state index in [0.29, 0.717) is 12.0 Å². The number of allylic oxidation sites excluding steroid dienone is 2. The molecule has 0 N–H and O–H groups in total. The van der Waals surface area contributed by atoms with Gasteiger partial charge in [0.15, 0.2) is 5.78 Å². The standard InChI is InChI=1S/C20H23ClO3/c1-2-3-4-5-6-7-8-13-16(22)17-14-11-9-10-12-15(14)19(23)20(24)18(17)21/h9-12H,2-8,13H2,1H3. The van der Waals surface area contributed by atoms with Crippen molar-refractivity contribution in [3.8, 4) is 0 Å². The van der Waals surface area contributed by atoms with E-state index in [1.807, 2.05) is 0 Å². The predicted molar refractivity (Wildman–Crippen MR) is 96.2 cm³/mol. The third kappa shape index (κ3) is 4.21. The molecule has 0 spiro atoms. The van der Waals surface area contributed by atoms with Gasteiger partial charge in [-0.05, 0) is 12.0 Å². The summed E-state index contributed by atoms with van der Waals surface area (Å²) in [7, 11) is 0. The van der Waals surface area contributed by atoms with Crippen LogP contribution in [0.25, 0.3) is 5.57 Å². The van der Waals surface area contributed by atoms with E-state index < -0.39 is 11.6 Å². The molecule has 3 nitrogen and oxygen atoms in total. The first-order chi connectivity index (χ1) is 11.6. The Hall–Kier alpha value is -1.74. The Kier molecular flexibility index (Phi) is 6.92. The number of rotatable bonds is 9. The molecule has 0 atom stereocenters. The summed E-state index contributed by atoms with van der Waals surface area (Å²) in [4.78, 5) is 36.5. The summed E-state index contributed by atoms with van der Waals surface area (Å²) in [6.45, 7) is 2.18. The van der Waals surface area contributed by atoms with Crippen molar-refractivity contribution in [2.75, 3.05) is 0 Å². The van der Waals surface area contributed by atoms with Crippen molar-refractivity contribution in [1.82, 2.24) is 0 Å². The molecule has 0 unspecified atom stereocenters. The molecule has 2 rings (SSSR count). The van der Waals surface area contributed by atoms with Crippen LogP contribution in [0, 0.1) is 0 Å². The highest BCUT2D eigenvalue weighted by molar-refractivity contribution is 6.66. The van der Waals surface area contributed by atoms with E-state index in [2.05, 4.69) is 6.92 Å². The van der Waals surface area contributed by atoms with Crippen molar-refractivity contribution in [3.05, 3.63) is 40.4 Å². The molecule has 0 aliphatic heterocycles. The number of ketones is 3. The van der Waals surface area contributed by atoms with Crippen LogP contribution in [0.1, 0.15) is 74.2 Å². The number of benzene rings is 1. The number of Topliss-reactive ketones (excluding diaryl/α,β-unsaturated/α-hetero) is 3. The number of halogens is 1. The zero-order valence-electron chi connectivity index (χ0n) is 14.1. The molecule has 0 heterocycles. The van der Waals surface area contributed by atoms with Gasteiger partial charge in [-0.3, -0.25) is 14.4 Å². The Balaban J connectivity index is 2.00. The molecule has 0 saturated carbocycles. The molecule has 1 aromatic rings. The van der Waals surface area contributed by atoms with E-state index in [1.165, 1.54) is 25.7 Å². The summed E-state index contributed by atoms with van der Waals surface area (Å²) in [5.41, 5.74) is 0.970. The van der Waals surface area contributed by atoms with Gasteiger partial charge >= 0.3 is 0 Å². The molecular weight excluding hydrogens is 324 g/mol. The highest BCUT2D eigenvalue weighted by Gasteiger charge is 2.34. The molecule has 128 valence electrons. The number of hydrogen-bond acceptors (Lipinski definition) is 3. The van der Waals surface area contributed by atoms with Crippen molar-refractivity contribution in [2.24, 2.45) is 0 Å². The first-order valence-electron chi connectivity index (χ1n) is 8.69. The molecule has 24 heavy (non-hydrogen) atoms. The molecule has 0 saturated heterocycles. The highest BCUT2D eigenvalue weighted by Crippen LogP contribution is 2.33. The Labute approximate surface area is 148 Å². The van der Waals surface area contributed by atoms with Crippen LogP contribution in [0.4, 0.5) is 0 Å². The first-order valence-corrected chi connectivity index (χ1v) is 9.07. The zero-order chi connectivity index (χ0) is 17.5. The zero-order valence-corrected chi connectivity index (χ0v) is 14.8. The van der Waals surface area contributed by atoms with Crippen molar-refractivity contribution in [3.63, 3.8) is 0 Å². The Morgan fingerprint density at radius 2 is 1.46 bits per heavy atom. The molecular formula is C20H23ClO3. The number of carbonyl (C=O) groups excluding carboxylic acids is 3. The van der Waals surface area contributed by atoms with Crippen LogP contribution in [0.15, 0.2) is 29.3 Å². The second-order valence-corrected chi connectivity index (χ2v) is 6.57. The number of hydrogen-bond donors (Lipinski definition) is 0. The lowest BCUT2D eigenvalue weighted by molar-refractivity contribution is -0.115. The number of fused-ring (bicyclic) bond motifs is 1. The largest absolute Gasteiger partial charge is 0.294 e. The quantitative estimate of drug-likeness (QED) is 0.461. The van der Waals surface area contributed by atoms with Gasteiger partial charge in [0.2, 0.25) is 11.6 Å². The molecule has 1 aromatic carbocycles. The van der Waals surface area contributed by atoms with E-state index in [4.69, 9.17) is 11.6 Å². The maximum atomic E-state index is 12.6. The second-order valence-electron chi connectivity index (χ2n) is 6.19. The smallest absolute Gasteiger partial charge is 0.245 e. The fourth-order valence-corrected chi connectivity index (χ4v) is 3.29. The van der Waals surface area contributed by atoms with Gasteiger partial charge in [-0.2, -0.15) is 0 Å². The first kappa shape index (κ1) is 18.6. The van der Waals surface area contributed by atoms with E-state index in [-0.39, 0.29) is 22.0 Å². The van der Waals surface area contributed by atoms with Crippen LogP contribution in [-0.2, 0) is 9.59 Å². The maximum absolute atomic E-state index is 12.6. The molecule has 1 aliphatic rings. The van der Waals surface area contributed by atoms with Gasteiger partial charge < -0.3 is 0 Å². The molecule has 0 amide bonds. The van der Waals surface area contributed by atoms with Crippen LogP contribution < -0.4 is 0 Å². The predicted octanol–water partition coefficient (Wildman–Crippen LogP) is 5.11. The fraction of sp³-hybridized carbons (Fsp3) is 0.450. The lowest BCUT2D eigenvalue weighted by Crippen LogP contribution is -2.24. The van der Waals surface area contributed by atoms with Gasteiger partial charge in [0.05, 0.1) is 0 Å². The molecule has 0 fully saturated rings. The normalized spacial score (nSPS) is 14.1. The van der Waals surface area contributed by atoms with Crippen LogP contribution in [0.5, 0.6) is 0 Å². The fourth-order valence-electron chi connectivity index (χ4n) is 2.99. The van der Waals surface area contributed by atoms with Crippen molar-refractivity contribution < 1.29 is 14.4 Å². The minimum absolute atomic E-state index is 0.151. The summed E-state index contributed by atoms with van der Waals surface area (Å²) in [6, 6.07) is 6.68. The molecule has 0 aromatic heterocycles. The Morgan fingerprint density at radius 3 is 2.12 bits per heavy atom. The van der Waals surface area contributed by atoms with Gasteiger partial charge in [-0.1, -0.05) is 81.3 Å². The lowest BCUT2D eigenvalue weighted by Gasteiger charge is -2.17. The molecule has 0 bridgehead atoms. The van der Waals surface area contributed by atoms with Gasteiger partial charge in [-0.25, -0.2) is 0 Å². The Morgan fingerprint density at radius 1 is 0.875 bits per heavy atom. The average molecular weight is 347 g/mol. The van der Waals surface area contributed by atoms with Crippen LogP contribution in [0.3, 0.4) is 0 Å². The SMILES string of the molecule is CCCCCCCCCC(=O)C1=C(Cl)C(=O)C(=O)c2ccccc21. The maximum Gasteiger partial charge on any atom is 0.245 e. The second kappa shape index (κ2) is 8.93. The van der Waals surface area contributed by atoms with Crippen LogP contribution >= 0.6 is 11.6 Å². The summed E-state index contributed by atoms with van der Waals surface area (Å²) in [5.74, 6) is -1.57. The molecule has 1 aliphatic carbocycles. The summed E-state index contributed by atoms with van der Waals surface area (Å²) in [6.07, 6.45) is 8.17. The average Bonchev–Trinajstić information content (AvgIpc) is 2.59. The van der Waals surface area contributed by atoms with Crippen LogP contribution in [0.2, 0.25) is 0 Å². The highest BCUT2D eigenvalue weighted by atomic mass is 35.5. The van der Waals surface area contributed by atoms with Gasteiger partial charge in [-0.15, -0.1) is 0 Å². The summed E-state index contributed by atoms with van der Waals surface area (Å²) in [5, 5.41) is -0.230. The summed E-state index contributed by atoms with van der Waals surface area (Å²) >= 11 is 6.04.